The molecule has 0 fully saturated rings. The number of benzene rings is 4. The second kappa shape index (κ2) is 11.3. The van der Waals surface area contributed by atoms with Gasteiger partial charge in [-0.05, 0) is 34.0 Å². The number of halogens is 2. The number of amides is 2. The molecule has 3 heterocycles. The Kier molecular flexibility index (Phi) is 7.58. The summed E-state index contributed by atoms with van der Waals surface area (Å²) in [5.41, 5.74) is 2.95. The van der Waals surface area contributed by atoms with Gasteiger partial charge < -0.3 is 24.3 Å². The molecule has 45 heavy (non-hydrogen) atoms. The van der Waals surface area contributed by atoms with Crippen molar-refractivity contribution in [2.45, 2.75) is 11.8 Å². The standard InChI is InChI=1S/C33H27Cl2N2O6PS/c1-44(41,42)43-27-13-25-31(23-9-5-3-7-21(23)27)19(15-35)17-37(25)33(40)29-11-10-28(45-29)32(39)36-16-18(14-34)30-22-8-4-2-6-20(22)26(38)12-24(30)36/h2-13,18-19,38H,14-17H2,1H3,(H,41,42)/t18-,19-/m1/s1. The van der Waals surface area contributed by atoms with Gasteiger partial charge in [-0.1, -0.05) is 48.5 Å². The Morgan fingerprint density at radius 2 is 1.29 bits per heavy atom. The van der Waals surface area contributed by atoms with E-state index in [2.05, 4.69) is 0 Å². The van der Waals surface area contributed by atoms with E-state index in [1.54, 1.807) is 40.1 Å². The second-order valence-electron chi connectivity index (χ2n) is 11.3. The van der Waals surface area contributed by atoms with E-state index >= 15 is 0 Å². The van der Waals surface area contributed by atoms with Gasteiger partial charge in [0, 0.05) is 66.3 Å². The smallest absolute Gasteiger partial charge is 0.373 e. The number of phenolic OH excluding ortho intramolecular Hbond substituents is 1. The molecule has 3 atom stereocenters. The number of fused-ring (bicyclic) bond motifs is 6. The van der Waals surface area contributed by atoms with Crippen LogP contribution < -0.4 is 14.3 Å². The quantitative estimate of drug-likeness (QED) is 0.139. The monoisotopic (exact) mass is 680 g/mol. The minimum absolute atomic E-state index is 0.0810. The summed E-state index contributed by atoms with van der Waals surface area (Å²) in [6.45, 7) is 1.77. The Labute approximate surface area is 272 Å². The SMILES string of the molecule is CP(=O)(O)Oc1cc2c(c3ccccc13)[C@H](CCl)CN2C(=O)c1ccc(C(=O)N2C[C@@H](CCl)c3c2cc(O)c2ccccc32)s1. The topological polar surface area (TPSA) is 107 Å². The van der Waals surface area contributed by atoms with Crippen molar-refractivity contribution in [3.05, 3.63) is 93.7 Å². The molecule has 8 nitrogen and oxygen atoms in total. The predicted octanol–water partition coefficient (Wildman–Crippen LogP) is 7.92. The summed E-state index contributed by atoms with van der Waals surface area (Å²) in [5, 5.41) is 13.8. The van der Waals surface area contributed by atoms with Gasteiger partial charge in [-0.15, -0.1) is 34.5 Å². The number of carbonyl (C=O) groups excluding carboxylic acids is 2. The van der Waals surface area contributed by atoms with Crippen molar-refractivity contribution in [1.29, 1.82) is 0 Å². The molecule has 4 aromatic carbocycles. The van der Waals surface area contributed by atoms with E-state index in [-0.39, 0.29) is 41.0 Å². The van der Waals surface area contributed by atoms with Gasteiger partial charge in [-0.25, -0.2) is 4.57 Å². The molecule has 0 saturated heterocycles. The molecule has 2 aliphatic heterocycles. The maximum Gasteiger partial charge on any atom is 0.373 e. The van der Waals surface area contributed by atoms with Gasteiger partial charge in [0.1, 0.15) is 11.5 Å². The maximum atomic E-state index is 14.0. The Hall–Kier alpha value is -3.59. The van der Waals surface area contributed by atoms with E-state index in [0.717, 1.165) is 39.9 Å². The maximum absolute atomic E-state index is 14.0. The molecule has 2 aliphatic rings. The first-order valence-corrected chi connectivity index (χ1v) is 18.2. The van der Waals surface area contributed by atoms with Crippen LogP contribution in [0.15, 0.2) is 72.8 Å². The molecule has 0 radical (unpaired) electrons. The first kappa shape index (κ1) is 30.1. The van der Waals surface area contributed by atoms with Crippen LogP contribution in [0.5, 0.6) is 11.5 Å². The summed E-state index contributed by atoms with van der Waals surface area (Å²) < 4.78 is 17.7. The van der Waals surface area contributed by atoms with Gasteiger partial charge in [0.05, 0.1) is 21.1 Å². The van der Waals surface area contributed by atoms with Crippen molar-refractivity contribution in [2.75, 3.05) is 41.3 Å². The lowest BCUT2D eigenvalue weighted by molar-refractivity contribution is 0.0986. The number of aromatic hydroxyl groups is 1. The van der Waals surface area contributed by atoms with Crippen LogP contribution in [0.4, 0.5) is 11.4 Å². The molecule has 2 N–H and O–H groups in total. The van der Waals surface area contributed by atoms with Crippen molar-refractivity contribution in [3.8, 4) is 11.5 Å². The summed E-state index contributed by atoms with van der Waals surface area (Å²) in [7, 11) is -3.90. The van der Waals surface area contributed by atoms with Crippen LogP contribution in [0.2, 0.25) is 0 Å². The van der Waals surface area contributed by atoms with Gasteiger partial charge >= 0.3 is 7.60 Å². The number of hydrogen-bond donors (Lipinski definition) is 2. The number of thiophene rings is 1. The van der Waals surface area contributed by atoms with Crippen LogP contribution in [-0.4, -0.2) is 53.3 Å². The normalized spacial score (nSPS) is 18.7. The van der Waals surface area contributed by atoms with Crippen LogP contribution in [-0.2, 0) is 4.57 Å². The summed E-state index contributed by atoms with van der Waals surface area (Å²) in [6.07, 6.45) is 0. The van der Waals surface area contributed by atoms with E-state index in [1.165, 1.54) is 0 Å². The van der Waals surface area contributed by atoms with Crippen LogP contribution in [0, 0.1) is 0 Å². The Balaban J connectivity index is 1.24. The zero-order chi connectivity index (χ0) is 31.6. The fourth-order valence-electron chi connectivity index (χ4n) is 6.57. The lowest BCUT2D eigenvalue weighted by Crippen LogP contribution is -2.30. The molecule has 7 rings (SSSR count). The van der Waals surface area contributed by atoms with Gasteiger partial charge in [0.25, 0.3) is 11.8 Å². The minimum Gasteiger partial charge on any atom is -0.507 e. The van der Waals surface area contributed by atoms with Gasteiger partial charge in [-0.2, -0.15) is 0 Å². The predicted molar refractivity (Wildman–Crippen MR) is 181 cm³/mol. The lowest BCUT2D eigenvalue weighted by Gasteiger charge is -2.19. The number of carbonyl (C=O) groups is 2. The number of hydrogen-bond acceptors (Lipinski definition) is 6. The molecule has 2 amide bonds. The van der Waals surface area contributed by atoms with Crippen LogP contribution in [0.25, 0.3) is 21.5 Å². The van der Waals surface area contributed by atoms with Crippen molar-refractivity contribution in [3.63, 3.8) is 0 Å². The number of rotatable bonds is 6. The van der Waals surface area contributed by atoms with Crippen LogP contribution >= 0.6 is 42.1 Å². The number of phenols is 1. The van der Waals surface area contributed by atoms with E-state index in [9.17, 15) is 24.2 Å². The molecule has 1 unspecified atom stereocenters. The zero-order valence-electron chi connectivity index (χ0n) is 23.9. The van der Waals surface area contributed by atoms with Crippen molar-refractivity contribution >= 4 is 86.9 Å². The molecular formula is C33H27Cl2N2O6PS. The third kappa shape index (κ3) is 5.07. The molecule has 0 spiro atoms. The molecule has 1 aromatic heterocycles. The number of alkyl halides is 2. The third-order valence-electron chi connectivity index (χ3n) is 8.43. The van der Waals surface area contributed by atoms with E-state index in [1.807, 2.05) is 42.5 Å². The summed E-state index contributed by atoms with van der Waals surface area (Å²) in [4.78, 5) is 41.9. The van der Waals surface area contributed by atoms with Crippen molar-refractivity contribution in [2.24, 2.45) is 0 Å². The van der Waals surface area contributed by atoms with Crippen molar-refractivity contribution in [1.82, 2.24) is 0 Å². The highest BCUT2D eigenvalue weighted by atomic mass is 35.5. The highest BCUT2D eigenvalue weighted by Gasteiger charge is 2.38. The van der Waals surface area contributed by atoms with Gasteiger partial charge in [0.15, 0.2) is 0 Å². The molecule has 0 aliphatic carbocycles. The second-order valence-corrected chi connectivity index (χ2v) is 14.8. The van der Waals surface area contributed by atoms with Crippen LogP contribution in [0.3, 0.4) is 0 Å². The highest BCUT2D eigenvalue weighted by molar-refractivity contribution is 7.52. The lowest BCUT2D eigenvalue weighted by atomic mass is 9.95. The van der Waals surface area contributed by atoms with E-state index in [0.29, 0.717) is 50.9 Å². The van der Waals surface area contributed by atoms with Crippen LogP contribution in [0.1, 0.15) is 42.3 Å². The molecule has 0 bridgehead atoms. The van der Waals surface area contributed by atoms with Gasteiger partial charge in [-0.3, -0.25) is 9.59 Å². The van der Waals surface area contributed by atoms with E-state index < -0.39 is 7.60 Å². The fraction of sp³-hybridized carbons (Fsp3) is 0.212. The Bertz CT molecular complexity index is 2080. The summed E-state index contributed by atoms with van der Waals surface area (Å²) >= 11 is 13.9. The molecule has 230 valence electrons. The Morgan fingerprint density at radius 3 is 1.80 bits per heavy atom. The van der Waals surface area contributed by atoms with Crippen molar-refractivity contribution < 1.29 is 28.7 Å². The Morgan fingerprint density at radius 1 is 0.822 bits per heavy atom. The van der Waals surface area contributed by atoms with E-state index in [4.69, 9.17) is 27.7 Å². The summed E-state index contributed by atoms with van der Waals surface area (Å²) in [5.74, 6) is -0.0477. The number of nitrogens with zero attached hydrogens (tertiary/aromatic N) is 2. The average molecular weight is 682 g/mol. The minimum atomic E-state index is -3.90. The summed E-state index contributed by atoms with van der Waals surface area (Å²) in [6, 6.07) is 21.4. The van der Waals surface area contributed by atoms with Gasteiger partial charge in [0.2, 0.25) is 0 Å². The number of anilines is 2. The molecular weight excluding hydrogens is 654 g/mol. The highest BCUT2D eigenvalue weighted by Crippen LogP contribution is 2.50. The zero-order valence-corrected chi connectivity index (χ0v) is 27.2. The molecule has 5 aromatic rings. The molecule has 0 saturated carbocycles. The first-order chi connectivity index (χ1) is 21.6. The average Bonchev–Trinajstić information content (AvgIpc) is 3.76. The third-order valence-corrected chi connectivity index (χ3v) is 10.8. The first-order valence-electron chi connectivity index (χ1n) is 14.2. The fourth-order valence-corrected chi connectivity index (χ4v) is 8.49. The largest absolute Gasteiger partial charge is 0.507 e. The molecule has 12 heteroatoms.